The molecule has 0 spiro atoms. The third kappa shape index (κ3) is 4.21. The average molecular weight is 533 g/mol. The molecule has 1 heterocycles. The average Bonchev–Trinajstić information content (AvgIpc) is 3.09. The van der Waals surface area contributed by atoms with Crippen LogP contribution in [-0.2, 0) is 9.59 Å². The maximum absolute atomic E-state index is 13.6. The Balaban J connectivity index is 2.00. The molecule has 1 unspecified atom stereocenters. The number of phenolic OH excluding ortho intramolecular Hbond substituents is 1. The molecule has 9 nitrogen and oxygen atoms in total. The number of nitro groups is 1. The topological polar surface area (TPSA) is 130 Å². The molecule has 2 N–H and O–H groups in total. The van der Waals surface area contributed by atoms with Gasteiger partial charge >= 0.3 is 5.69 Å². The first-order chi connectivity index (χ1) is 17.0. The molecule has 1 aliphatic heterocycles. The Morgan fingerprint density at radius 2 is 1.69 bits per heavy atom. The van der Waals surface area contributed by atoms with Crippen molar-refractivity contribution in [1.82, 2.24) is 0 Å². The van der Waals surface area contributed by atoms with Gasteiger partial charge in [-0.15, -0.1) is 0 Å². The number of halogens is 3. The van der Waals surface area contributed by atoms with Crippen molar-refractivity contribution in [3.63, 3.8) is 0 Å². The number of amides is 1. The molecule has 1 atom stereocenters. The molecule has 1 amide bonds. The zero-order valence-electron chi connectivity index (χ0n) is 18.2. The Morgan fingerprint density at radius 3 is 2.25 bits per heavy atom. The van der Waals surface area contributed by atoms with E-state index in [0.717, 1.165) is 29.2 Å². The third-order valence-electron chi connectivity index (χ3n) is 5.54. The minimum atomic E-state index is -1.38. The van der Waals surface area contributed by atoms with E-state index in [1.54, 1.807) is 0 Å². The summed E-state index contributed by atoms with van der Waals surface area (Å²) in [6, 6.07) is 9.02. The van der Waals surface area contributed by atoms with Crippen LogP contribution >= 0.6 is 23.2 Å². The number of phenols is 1. The van der Waals surface area contributed by atoms with Crippen molar-refractivity contribution < 1.29 is 33.9 Å². The second-order valence-corrected chi connectivity index (χ2v) is 8.44. The molecule has 4 rings (SSSR count). The Morgan fingerprint density at radius 1 is 1.08 bits per heavy atom. The standard InChI is InChI=1S/C24H15Cl2FN2O7/c1-36-23-15(25)8-12(9-16(23)26)21(31)19-20(11-2-7-18(30)17(10-11)29(34)35)28(24(33)22(19)32)14-5-3-13(27)4-6-14/h2-10,20,30-31H,1H3/b21-19+. The number of Topliss-reactive ketones (excluding diaryl/α,β-unsaturated/α-hetero) is 1. The summed E-state index contributed by atoms with van der Waals surface area (Å²) in [7, 11) is 1.33. The number of ether oxygens (including phenoxy) is 1. The van der Waals surface area contributed by atoms with Crippen molar-refractivity contribution in [2.24, 2.45) is 0 Å². The van der Waals surface area contributed by atoms with Gasteiger partial charge in [0.25, 0.3) is 11.7 Å². The highest BCUT2D eigenvalue weighted by Crippen LogP contribution is 2.45. The molecule has 1 aliphatic rings. The lowest BCUT2D eigenvalue weighted by Crippen LogP contribution is -2.29. The van der Waals surface area contributed by atoms with E-state index in [1.807, 2.05) is 0 Å². The van der Waals surface area contributed by atoms with Crippen molar-refractivity contribution in [3.8, 4) is 11.5 Å². The van der Waals surface area contributed by atoms with Gasteiger partial charge in [0.15, 0.2) is 11.5 Å². The smallest absolute Gasteiger partial charge is 0.311 e. The Bertz CT molecular complexity index is 1430. The van der Waals surface area contributed by atoms with Gasteiger partial charge in [-0.05, 0) is 48.0 Å². The highest BCUT2D eigenvalue weighted by Gasteiger charge is 2.47. The highest BCUT2D eigenvalue weighted by atomic mass is 35.5. The Kier molecular flexibility index (Phi) is 6.57. The van der Waals surface area contributed by atoms with Crippen molar-refractivity contribution in [3.05, 3.63) is 97.3 Å². The molecular weight excluding hydrogens is 518 g/mol. The van der Waals surface area contributed by atoms with Gasteiger partial charge in [0.05, 0.1) is 33.7 Å². The van der Waals surface area contributed by atoms with Crippen molar-refractivity contribution in [1.29, 1.82) is 0 Å². The second-order valence-electron chi connectivity index (χ2n) is 7.62. The van der Waals surface area contributed by atoms with Crippen LogP contribution in [0, 0.1) is 15.9 Å². The molecule has 1 fully saturated rings. The Labute approximate surface area is 212 Å². The van der Waals surface area contributed by atoms with Crippen LogP contribution in [0.1, 0.15) is 17.2 Å². The molecule has 36 heavy (non-hydrogen) atoms. The number of carbonyl (C=O) groups excluding carboxylic acids is 2. The lowest BCUT2D eigenvalue weighted by Gasteiger charge is -2.25. The van der Waals surface area contributed by atoms with Gasteiger partial charge in [-0.3, -0.25) is 24.6 Å². The molecular formula is C24H15Cl2FN2O7. The number of carbonyl (C=O) groups is 2. The molecule has 3 aromatic carbocycles. The summed E-state index contributed by atoms with van der Waals surface area (Å²) in [5.41, 5.74) is -1.03. The van der Waals surface area contributed by atoms with Crippen molar-refractivity contribution in [2.75, 3.05) is 12.0 Å². The lowest BCUT2D eigenvalue weighted by molar-refractivity contribution is -0.385. The van der Waals surface area contributed by atoms with Crippen LogP contribution in [0.25, 0.3) is 5.76 Å². The molecule has 0 radical (unpaired) electrons. The van der Waals surface area contributed by atoms with E-state index in [1.165, 1.54) is 37.4 Å². The first kappa shape index (κ1) is 25.0. The van der Waals surface area contributed by atoms with Crippen LogP contribution in [0.4, 0.5) is 15.8 Å². The number of hydrogen-bond acceptors (Lipinski definition) is 7. The third-order valence-corrected chi connectivity index (χ3v) is 6.10. The van der Waals surface area contributed by atoms with E-state index < -0.39 is 51.2 Å². The number of rotatable bonds is 5. The summed E-state index contributed by atoms with van der Waals surface area (Å²) in [5.74, 6) is -3.97. The van der Waals surface area contributed by atoms with Crippen LogP contribution in [0.5, 0.6) is 11.5 Å². The maximum Gasteiger partial charge on any atom is 0.311 e. The number of nitro benzene ring substituents is 1. The molecule has 1 saturated heterocycles. The number of aliphatic hydroxyl groups excluding tert-OH is 1. The molecule has 184 valence electrons. The summed E-state index contributed by atoms with van der Waals surface area (Å²) < 4.78 is 18.6. The number of hydrogen-bond donors (Lipinski definition) is 2. The van der Waals surface area contributed by atoms with Crippen LogP contribution in [-0.4, -0.2) is 33.9 Å². The number of anilines is 1. The van der Waals surface area contributed by atoms with Crippen LogP contribution in [0.2, 0.25) is 10.0 Å². The second kappa shape index (κ2) is 9.48. The minimum absolute atomic E-state index is 0.0103. The SMILES string of the molecule is COc1c(Cl)cc(/C(O)=C2\C(=O)C(=O)N(c3ccc(F)cc3)C2c2ccc(O)c([N+](=O)[O-])c2)cc1Cl. The van der Waals surface area contributed by atoms with Gasteiger partial charge in [0.1, 0.15) is 11.6 Å². The monoisotopic (exact) mass is 532 g/mol. The molecule has 0 saturated carbocycles. The van der Waals surface area contributed by atoms with Gasteiger partial charge in [-0.2, -0.15) is 0 Å². The summed E-state index contributed by atoms with van der Waals surface area (Å²) in [5, 5.41) is 32.5. The van der Waals surface area contributed by atoms with Gasteiger partial charge in [0.2, 0.25) is 0 Å². The lowest BCUT2D eigenvalue weighted by atomic mass is 9.94. The normalized spacial score (nSPS) is 16.9. The van der Waals surface area contributed by atoms with Crippen molar-refractivity contribution >= 4 is 52.0 Å². The predicted octanol–water partition coefficient (Wildman–Crippen LogP) is 5.38. The number of methoxy groups -OCH3 is 1. The van der Waals surface area contributed by atoms with E-state index in [0.29, 0.717) is 0 Å². The van der Waals surface area contributed by atoms with Crippen LogP contribution < -0.4 is 9.64 Å². The summed E-state index contributed by atoms with van der Waals surface area (Å²) >= 11 is 12.3. The first-order valence-corrected chi connectivity index (χ1v) is 10.9. The molecule has 0 aliphatic carbocycles. The zero-order valence-corrected chi connectivity index (χ0v) is 19.7. The van der Waals surface area contributed by atoms with Gasteiger partial charge in [-0.1, -0.05) is 29.3 Å². The number of aromatic hydroxyl groups is 1. The fourth-order valence-electron chi connectivity index (χ4n) is 3.92. The summed E-state index contributed by atoms with van der Waals surface area (Å²) in [6.45, 7) is 0. The predicted molar refractivity (Wildman–Crippen MR) is 129 cm³/mol. The van der Waals surface area contributed by atoms with Crippen LogP contribution in [0.15, 0.2) is 60.2 Å². The molecule has 12 heteroatoms. The first-order valence-electron chi connectivity index (χ1n) is 10.1. The zero-order chi connectivity index (χ0) is 26.3. The minimum Gasteiger partial charge on any atom is -0.507 e. The molecule has 0 bridgehead atoms. The van der Waals surface area contributed by atoms with Crippen LogP contribution in [0.3, 0.4) is 0 Å². The van der Waals surface area contributed by atoms with E-state index in [-0.39, 0.29) is 32.6 Å². The van der Waals surface area contributed by atoms with E-state index >= 15 is 0 Å². The largest absolute Gasteiger partial charge is 0.507 e. The fourth-order valence-corrected chi connectivity index (χ4v) is 4.56. The quantitative estimate of drug-likeness (QED) is 0.148. The number of ketones is 1. The maximum atomic E-state index is 13.6. The number of nitrogens with zero attached hydrogens (tertiary/aromatic N) is 2. The number of benzene rings is 3. The molecule has 3 aromatic rings. The van der Waals surface area contributed by atoms with Gasteiger partial charge < -0.3 is 14.9 Å². The van der Waals surface area contributed by atoms with E-state index in [9.17, 15) is 34.3 Å². The summed E-state index contributed by atoms with van der Waals surface area (Å²) in [6.07, 6.45) is 0. The van der Waals surface area contributed by atoms with E-state index in [2.05, 4.69) is 0 Å². The molecule has 0 aromatic heterocycles. The van der Waals surface area contributed by atoms with Gasteiger partial charge in [0, 0.05) is 17.3 Å². The Hall–Kier alpha value is -4.15. The highest BCUT2D eigenvalue weighted by molar-refractivity contribution is 6.51. The van der Waals surface area contributed by atoms with Crippen molar-refractivity contribution in [2.45, 2.75) is 6.04 Å². The fraction of sp³-hybridized carbons (Fsp3) is 0.0833. The van der Waals surface area contributed by atoms with E-state index in [4.69, 9.17) is 27.9 Å². The van der Waals surface area contributed by atoms with Gasteiger partial charge in [-0.25, -0.2) is 4.39 Å². The number of aliphatic hydroxyl groups is 1. The summed E-state index contributed by atoms with van der Waals surface area (Å²) in [4.78, 5) is 37.9.